The lowest BCUT2D eigenvalue weighted by Gasteiger charge is -2.18. The zero-order valence-corrected chi connectivity index (χ0v) is 17.3. The largest absolute Gasteiger partial charge is 0.465 e. The van der Waals surface area contributed by atoms with Crippen LogP contribution in [0.25, 0.3) is 11.1 Å². The van der Waals surface area contributed by atoms with E-state index in [0.717, 1.165) is 57.7 Å². The molecule has 0 aliphatic rings. The molecule has 2 aromatic carbocycles. The topological polar surface area (TPSA) is 36.9 Å². The van der Waals surface area contributed by atoms with Crippen LogP contribution in [0, 0.1) is 0 Å². The highest BCUT2D eigenvalue weighted by molar-refractivity contribution is 5.71. The first-order valence-electron chi connectivity index (χ1n) is 9.48. The second-order valence-electron chi connectivity index (χ2n) is 6.39. The fraction of sp³-hybridized carbons (Fsp3) is 0.333. The van der Waals surface area contributed by atoms with Crippen LogP contribution in [-0.4, -0.2) is 14.2 Å². The molecule has 0 saturated heterocycles. The molecule has 2 rings (SSSR count). The van der Waals surface area contributed by atoms with Gasteiger partial charge in [0.1, 0.15) is 11.5 Å². The Morgan fingerprint density at radius 2 is 1.04 bits per heavy atom. The van der Waals surface area contributed by atoms with E-state index in [9.17, 15) is 0 Å². The second-order valence-corrected chi connectivity index (χ2v) is 6.39. The summed E-state index contributed by atoms with van der Waals surface area (Å²) in [5.41, 5.74) is 6.43. The fourth-order valence-corrected chi connectivity index (χ4v) is 3.36. The van der Waals surface area contributed by atoms with Crippen LogP contribution in [0.5, 0.6) is 11.5 Å². The van der Waals surface area contributed by atoms with Gasteiger partial charge in [-0.15, -0.1) is 0 Å². The molecular formula is C24H30O4. The first-order chi connectivity index (χ1) is 13.6. The number of ether oxygens (including phenoxy) is 4. The van der Waals surface area contributed by atoms with Gasteiger partial charge in [-0.25, -0.2) is 0 Å². The van der Waals surface area contributed by atoms with Crippen molar-refractivity contribution >= 4 is 0 Å². The average molecular weight is 383 g/mol. The van der Waals surface area contributed by atoms with Crippen molar-refractivity contribution in [1.82, 2.24) is 0 Å². The molecule has 0 spiro atoms. The van der Waals surface area contributed by atoms with Gasteiger partial charge in [-0.1, -0.05) is 27.0 Å². The van der Waals surface area contributed by atoms with Crippen molar-refractivity contribution in [2.24, 2.45) is 0 Å². The first-order valence-corrected chi connectivity index (χ1v) is 9.48. The van der Waals surface area contributed by atoms with E-state index in [2.05, 4.69) is 51.3 Å². The molecule has 0 atom stereocenters. The van der Waals surface area contributed by atoms with Crippen LogP contribution in [0.2, 0.25) is 0 Å². The molecular weight excluding hydrogens is 352 g/mol. The van der Waals surface area contributed by atoms with E-state index in [-0.39, 0.29) is 0 Å². The lowest BCUT2D eigenvalue weighted by molar-refractivity contribution is 0.182. The monoisotopic (exact) mass is 382 g/mol. The highest BCUT2D eigenvalue weighted by atomic mass is 16.5. The molecule has 2 aromatic rings. The third-order valence-corrected chi connectivity index (χ3v) is 4.58. The van der Waals surface area contributed by atoms with E-state index in [4.69, 9.17) is 18.9 Å². The van der Waals surface area contributed by atoms with Crippen molar-refractivity contribution in [3.05, 3.63) is 72.2 Å². The second kappa shape index (κ2) is 10.7. The summed E-state index contributed by atoms with van der Waals surface area (Å²) in [7, 11) is 3.37. The van der Waals surface area contributed by atoms with Crippen molar-refractivity contribution in [3.63, 3.8) is 0 Å². The Morgan fingerprint density at radius 1 is 0.679 bits per heavy atom. The smallest absolute Gasteiger partial charge is 0.135 e. The Hall–Kier alpha value is -2.56. The van der Waals surface area contributed by atoms with Crippen LogP contribution < -0.4 is 9.47 Å². The molecule has 0 aromatic heterocycles. The molecule has 0 bridgehead atoms. The number of aryl methyl sites for hydroxylation is 2. The summed E-state index contributed by atoms with van der Waals surface area (Å²) in [6.07, 6.45) is 4.61. The molecule has 0 amide bonds. The molecule has 28 heavy (non-hydrogen) atoms. The maximum atomic E-state index is 5.69. The lowest BCUT2D eigenvalue weighted by Crippen LogP contribution is -2.01. The Bertz CT molecular complexity index is 754. The zero-order valence-electron chi connectivity index (χ0n) is 17.3. The summed E-state index contributed by atoms with van der Waals surface area (Å²) < 4.78 is 22.2. The van der Waals surface area contributed by atoms with Gasteiger partial charge in [-0.2, -0.15) is 0 Å². The number of hydrogen-bond donors (Lipinski definition) is 0. The van der Waals surface area contributed by atoms with Gasteiger partial charge in [0.15, 0.2) is 0 Å². The van der Waals surface area contributed by atoms with E-state index in [0.29, 0.717) is 13.2 Å². The number of benzene rings is 2. The SMILES string of the molecule is C=COc1c(CC)cc(-c2cc(CC)c(OC=C)c(COC)c2)cc1COC. The van der Waals surface area contributed by atoms with Crippen LogP contribution in [0.3, 0.4) is 0 Å². The quantitative estimate of drug-likeness (QED) is 0.459. The van der Waals surface area contributed by atoms with E-state index >= 15 is 0 Å². The summed E-state index contributed by atoms with van der Waals surface area (Å²) in [6, 6.07) is 8.55. The predicted molar refractivity (Wildman–Crippen MR) is 114 cm³/mol. The predicted octanol–water partition coefficient (Wildman–Crippen LogP) is 5.82. The van der Waals surface area contributed by atoms with E-state index in [1.165, 1.54) is 12.5 Å². The molecule has 0 aliphatic carbocycles. The summed E-state index contributed by atoms with van der Waals surface area (Å²) in [6.45, 7) is 12.5. The third kappa shape index (κ3) is 4.83. The fourth-order valence-electron chi connectivity index (χ4n) is 3.36. The Balaban J connectivity index is 2.68. The Kier molecular flexibility index (Phi) is 8.30. The standard InChI is InChI=1S/C24H30O4/c1-7-17-11-19(13-21(15-25-5)23(17)27-9-3)20-12-18(8-2)24(28-10-4)22(14-20)16-26-6/h9-14H,3-4,7-8,15-16H2,1-2,5-6H3. The van der Waals surface area contributed by atoms with Gasteiger partial charge in [0.2, 0.25) is 0 Å². The highest BCUT2D eigenvalue weighted by Gasteiger charge is 2.16. The van der Waals surface area contributed by atoms with Crippen LogP contribution in [0.4, 0.5) is 0 Å². The van der Waals surface area contributed by atoms with E-state index in [1.54, 1.807) is 14.2 Å². The minimum absolute atomic E-state index is 0.466. The molecule has 0 unspecified atom stereocenters. The summed E-state index contributed by atoms with van der Waals surface area (Å²) >= 11 is 0. The number of methoxy groups -OCH3 is 2. The molecule has 0 aliphatic heterocycles. The Labute approximate surface area is 168 Å². The van der Waals surface area contributed by atoms with Gasteiger partial charge in [-0.05, 0) is 59.4 Å². The molecule has 150 valence electrons. The highest BCUT2D eigenvalue weighted by Crippen LogP contribution is 2.36. The Morgan fingerprint density at radius 3 is 1.32 bits per heavy atom. The summed E-state index contributed by atoms with van der Waals surface area (Å²) in [4.78, 5) is 0. The maximum Gasteiger partial charge on any atom is 0.135 e. The molecule has 0 N–H and O–H groups in total. The van der Waals surface area contributed by atoms with Gasteiger partial charge in [0, 0.05) is 25.3 Å². The van der Waals surface area contributed by atoms with Crippen molar-refractivity contribution in [2.75, 3.05) is 14.2 Å². The van der Waals surface area contributed by atoms with Gasteiger partial charge in [0.25, 0.3) is 0 Å². The van der Waals surface area contributed by atoms with Crippen molar-refractivity contribution in [1.29, 1.82) is 0 Å². The summed E-state index contributed by atoms with van der Waals surface area (Å²) in [5, 5.41) is 0. The lowest BCUT2D eigenvalue weighted by atomic mass is 9.94. The number of rotatable bonds is 11. The van der Waals surface area contributed by atoms with E-state index < -0.39 is 0 Å². The molecule has 0 saturated carbocycles. The minimum Gasteiger partial charge on any atom is -0.465 e. The van der Waals surface area contributed by atoms with Crippen LogP contribution >= 0.6 is 0 Å². The maximum absolute atomic E-state index is 5.69. The van der Waals surface area contributed by atoms with Gasteiger partial charge in [-0.3, -0.25) is 0 Å². The van der Waals surface area contributed by atoms with Crippen molar-refractivity contribution in [2.45, 2.75) is 39.9 Å². The van der Waals surface area contributed by atoms with Crippen molar-refractivity contribution < 1.29 is 18.9 Å². The molecule has 0 fully saturated rings. The number of hydrogen-bond acceptors (Lipinski definition) is 4. The normalized spacial score (nSPS) is 10.6. The van der Waals surface area contributed by atoms with Gasteiger partial charge in [0.05, 0.1) is 25.7 Å². The van der Waals surface area contributed by atoms with Crippen LogP contribution in [-0.2, 0) is 35.5 Å². The third-order valence-electron chi connectivity index (χ3n) is 4.58. The molecule has 4 heteroatoms. The zero-order chi connectivity index (χ0) is 20.5. The minimum atomic E-state index is 0.466. The van der Waals surface area contributed by atoms with E-state index in [1.807, 2.05) is 0 Å². The molecule has 0 heterocycles. The van der Waals surface area contributed by atoms with Gasteiger partial charge >= 0.3 is 0 Å². The van der Waals surface area contributed by atoms with Crippen LogP contribution in [0.1, 0.15) is 36.1 Å². The van der Waals surface area contributed by atoms with Crippen molar-refractivity contribution in [3.8, 4) is 22.6 Å². The first kappa shape index (κ1) is 21.7. The average Bonchev–Trinajstić information content (AvgIpc) is 2.70. The molecule has 0 radical (unpaired) electrons. The van der Waals surface area contributed by atoms with Crippen LogP contribution in [0.15, 0.2) is 49.9 Å². The molecule has 4 nitrogen and oxygen atoms in total. The van der Waals surface area contributed by atoms with Gasteiger partial charge < -0.3 is 18.9 Å². The summed E-state index contributed by atoms with van der Waals surface area (Å²) in [5.74, 6) is 1.64.